The summed E-state index contributed by atoms with van der Waals surface area (Å²) in [6.07, 6.45) is -0.126. The maximum atomic E-state index is 9.26. The number of ether oxygens (including phenoxy) is 2. The number of methoxy groups -OCH3 is 1. The quantitative estimate of drug-likeness (QED) is 0.606. The molecule has 2 N–H and O–H groups in total. The van der Waals surface area contributed by atoms with Crippen LogP contribution in [0.25, 0.3) is 0 Å². The standard InChI is InChI=1S/C8H17NO3/c1-5-8(9-2)6(11-3)4-7(10)12-5/h5-10H,4H2,1-3H3/t5-,6-,7?,8?/m0/s1. The van der Waals surface area contributed by atoms with Gasteiger partial charge < -0.3 is 19.9 Å². The van der Waals surface area contributed by atoms with Gasteiger partial charge in [0.25, 0.3) is 0 Å². The first-order valence-electron chi connectivity index (χ1n) is 4.22. The lowest BCUT2D eigenvalue weighted by Gasteiger charge is -2.37. The Balaban J connectivity index is 2.56. The van der Waals surface area contributed by atoms with E-state index in [1.54, 1.807) is 7.11 Å². The van der Waals surface area contributed by atoms with E-state index in [0.29, 0.717) is 6.42 Å². The summed E-state index contributed by atoms with van der Waals surface area (Å²) in [5, 5.41) is 12.4. The molecule has 4 atom stereocenters. The number of aliphatic hydroxyl groups excluding tert-OH is 1. The van der Waals surface area contributed by atoms with Crippen LogP contribution in [0.3, 0.4) is 0 Å². The third kappa shape index (κ3) is 1.95. The zero-order valence-electron chi connectivity index (χ0n) is 7.78. The van der Waals surface area contributed by atoms with Crippen LogP contribution in [-0.2, 0) is 9.47 Å². The summed E-state index contributed by atoms with van der Waals surface area (Å²) in [4.78, 5) is 0. The Bertz CT molecular complexity index is 142. The highest BCUT2D eigenvalue weighted by Gasteiger charge is 2.34. The highest BCUT2D eigenvalue weighted by atomic mass is 16.6. The average molecular weight is 175 g/mol. The molecule has 0 aromatic carbocycles. The molecule has 0 aromatic rings. The summed E-state index contributed by atoms with van der Waals surface area (Å²) in [7, 11) is 3.52. The van der Waals surface area contributed by atoms with Crippen molar-refractivity contribution in [3.8, 4) is 0 Å². The van der Waals surface area contributed by atoms with Crippen molar-refractivity contribution in [3.05, 3.63) is 0 Å². The van der Waals surface area contributed by atoms with Crippen LogP contribution in [0.5, 0.6) is 0 Å². The maximum absolute atomic E-state index is 9.26. The Morgan fingerprint density at radius 1 is 1.58 bits per heavy atom. The molecule has 2 unspecified atom stereocenters. The van der Waals surface area contributed by atoms with Crippen LogP contribution in [0.2, 0.25) is 0 Å². The molecule has 1 rings (SSSR count). The number of likely N-dealkylation sites (N-methyl/N-ethyl adjacent to an activating group) is 1. The highest BCUT2D eigenvalue weighted by Crippen LogP contribution is 2.20. The van der Waals surface area contributed by atoms with Crippen LogP contribution in [0.1, 0.15) is 13.3 Å². The van der Waals surface area contributed by atoms with Crippen LogP contribution in [-0.4, -0.2) is 43.8 Å². The second-order valence-corrected chi connectivity index (χ2v) is 3.12. The fourth-order valence-electron chi connectivity index (χ4n) is 1.70. The van der Waals surface area contributed by atoms with Gasteiger partial charge in [-0.2, -0.15) is 0 Å². The minimum Gasteiger partial charge on any atom is -0.380 e. The molecule has 12 heavy (non-hydrogen) atoms. The molecule has 4 nitrogen and oxygen atoms in total. The number of aliphatic hydroxyl groups is 1. The smallest absolute Gasteiger partial charge is 0.157 e. The van der Waals surface area contributed by atoms with Gasteiger partial charge in [-0.3, -0.25) is 0 Å². The minimum absolute atomic E-state index is 0.0105. The van der Waals surface area contributed by atoms with Crippen LogP contribution in [0.15, 0.2) is 0 Å². The number of hydrogen-bond acceptors (Lipinski definition) is 4. The van der Waals surface area contributed by atoms with Crippen molar-refractivity contribution in [2.75, 3.05) is 14.2 Å². The van der Waals surface area contributed by atoms with Gasteiger partial charge in [-0.25, -0.2) is 0 Å². The number of rotatable bonds is 2. The van der Waals surface area contributed by atoms with Crippen molar-refractivity contribution in [3.63, 3.8) is 0 Å². The van der Waals surface area contributed by atoms with Gasteiger partial charge in [-0.15, -0.1) is 0 Å². The van der Waals surface area contributed by atoms with Crippen LogP contribution < -0.4 is 5.32 Å². The Labute approximate surface area is 72.9 Å². The summed E-state index contributed by atoms with van der Waals surface area (Å²) in [5.41, 5.74) is 0. The van der Waals surface area contributed by atoms with E-state index in [1.807, 2.05) is 14.0 Å². The fourth-order valence-corrected chi connectivity index (χ4v) is 1.70. The van der Waals surface area contributed by atoms with Crippen molar-refractivity contribution in [1.82, 2.24) is 5.32 Å². The Morgan fingerprint density at radius 2 is 2.25 bits per heavy atom. The lowest BCUT2D eigenvalue weighted by molar-refractivity contribution is -0.200. The third-order valence-electron chi connectivity index (χ3n) is 2.35. The average Bonchev–Trinajstić information content (AvgIpc) is 2.03. The predicted octanol–water partition coefficient (Wildman–Crippen LogP) is -0.283. The van der Waals surface area contributed by atoms with E-state index in [1.165, 1.54) is 0 Å². The molecule has 0 radical (unpaired) electrons. The number of nitrogens with one attached hydrogen (secondary N) is 1. The predicted molar refractivity (Wildman–Crippen MR) is 44.8 cm³/mol. The van der Waals surface area contributed by atoms with E-state index < -0.39 is 6.29 Å². The third-order valence-corrected chi connectivity index (χ3v) is 2.35. The molecular formula is C8H17NO3. The van der Waals surface area contributed by atoms with Crippen molar-refractivity contribution in [2.24, 2.45) is 0 Å². The Kier molecular flexibility index (Phi) is 3.46. The van der Waals surface area contributed by atoms with E-state index in [9.17, 15) is 5.11 Å². The van der Waals surface area contributed by atoms with Crippen molar-refractivity contribution >= 4 is 0 Å². The Hall–Kier alpha value is -0.160. The van der Waals surface area contributed by atoms with E-state index in [0.717, 1.165) is 0 Å². The molecule has 1 aliphatic heterocycles. The van der Waals surface area contributed by atoms with Crippen molar-refractivity contribution in [1.29, 1.82) is 0 Å². The second kappa shape index (κ2) is 4.18. The van der Waals surface area contributed by atoms with Crippen LogP contribution in [0, 0.1) is 0 Å². The van der Waals surface area contributed by atoms with E-state index >= 15 is 0 Å². The number of hydrogen-bond donors (Lipinski definition) is 2. The molecule has 1 fully saturated rings. The van der Waals surface area contributed by atoms with Crippen LogP contribution >= 0.6 is 0 Å². The van der Waals surface area contributed by atoms with Crippen LogP contribution in [0.4, 0.5) is 0 Å². The summed E-state index contributed by atoms with van der Waals surface area (Å²) in [6.45, 7) is 1.93. The van der Waals surface area contributed by atoms with Gasteiger partial charge in [-0.05, 0) is 14.0 Å². The summed E-state index contributed by atoms with van der Waals surface area (Å²) in [5.74, 6) is 0. The molecule has 1 saturated heterocycles. The van der Waals surface area contributed by atoms with Gasteiger partial charge >= 0.3 is 0 Å². The van der Waals surface area contributed by atoms with Gasteiger partial charge in [0.1, 0.15) is 0 Å². The molecule has 0 bridgehead atoms. The normalized spacial score (nSPS) is 43.0. The van der Waals surface area contributed by atoms with E-state index in [4.69, 9.17) is 9.47 Å². The summed E-state index contributed by atoms with van der Waals surface area (Å²) < 4.78 is 10.5. The lowest BCUT2D eigenvalue weighted by Crippen LogP contribution is -2.54. The molecule has 0 aromatic heterocycles. The molecule has 0 spiro atoms. The van der Waals surface area contributed by atoms with Gasteiger partial charge in [0, 0.05) is 13.5 Å². The van der Waals surface area contributed by atoms with Gasteiger partial charge in [0.2, 0.25) is 0 Å². The zero-order valence-corrected chi connectivity index (χ0v) is 7.78. The first-order valence-corrected chi connectivity index (χ1v) is 4.22. The topological polar surface area (TPSA) is 50.7 Å². The summed E-state index contributed by atoms with van der Waals surface area (Å²) in [6, 6.07) is 0.165. The maximum Gasteiger partial charge on any atom is 0.157 e. The highest BCUT2D eigenvalue weighted by molar-refractivity contribution is 4.86. The molecule has 1 heterocycles. The zero-order chi connectivity index (χ0) is 9.14. The SMILES string of the molecule is CNC1[C@H](C)OC(O)C[C@@H]1OC. The largest absolute Gasteiger partial charge is 0.380 e. The van der Waals surface area contributed by atoms with Crippen molar-refractivity contribution in [2.45, 2.75) is 37.9 Å². The second-order valence-electron chi connectivity index (χ2n) is 3.12. The first kappa shape index (κ1) is 9.92. The van der Waals surface area contributed by atoms with E-state index in [-0.39, 0.29) is 18.2 Å². The Morgan fingerprint density at radius 3 is 2.75 bits per heavy atom. The first-order chi connectivity index (χ1) is 5.69. The van der Waals surface area contributed by atoms with Crippen molar-refractivity contribution < 1.29 is 14.6 Å². The lowest BCUT2D eigenvalue weighted by atomic mass is 10.00. The van der Waals surface area contributed by atoms with Gasteiger partial charge in [-0.1, -0.05) is 0 Å². The summed E-state index contributed by atoms with van der Waals surface area (Å²) >= 11 is 0. The molecule has 0 saturated carbocycles. The molecule has 4 heteroatoms. The fraction of sp³-hybridized carbons (Fsp3) is 1.00. The molecule has 72 valence electrons. The minimum atomic E-state index is -0.686. The molecule has 0 amide bonds. The van der Waals surface area contributed by atoms with E-state index in [2.05, 4.69) is 5.32 Å². The van der Waals surface area contributed by atoms with Gasteiger partial charge in [0.15, 0.2) is 6.29 Å². The van der Waals surface area contributed by atoms with Gasteiger partial charge in [0.05, 0.1) is 18.2 Å². The molecular weight excluding hydrogens is 158 g/mol. The monoisotopic (exact) mass is 175 g/mol. The molecule has 0 aliphatic carbocycles. The molecule has 1 aliphatic rings.